The third kappa shape index (κ3) is 2.20. The van der Waals surface area contributed by atoms with E-state index in [2.05, 4.69) is 68.5 Å². The predicted octanol–water partition coefficient (Wildman–Crippen LogP) is 5.49. The minimum Gasteiger partial charge on any atom is -0.334 e. The zero-order chi connectivity index (χ0) is 20.6. The molecule has 4 atom stereocenters. The van der Waals surface area contributed by atoms with Crippen molar-refractivity contribution < 1.29 is 14.3 Å². The molecule has 2 bridgehead atoms. The Morgan fingerprint density at radius 1 is 1.00 bits per heavy atom. The van der Waals surface area contributed by atoms with Crippen molar-refractivity contribution in [1.29, 1.82) is 0 Å². The van der Waals surface area contributed by atoms with E-state index < -0.39 is 22.9 Å². The van der Waals surface area contributed by atoms with E-state index in [0.717, 1.165) is 49.7 Å². The molecule has 0 amide bonds. The minimum atomic E-state index is -0.798. The van der Waals surface area contributed by atoms with Crippen LogP contribution in [0.4, 0.5) is 0 Å². The Bertz CT molecular complexity index is 1070. The molecule has 2 spiro atoms. The van der Waals surface area contributed by atoms with Gasteiger partial charge in [0.2, 0.25) is 0 Å². The van der Waals surface area contributed by atoms with Crippen molar-refractivity contribution in [1.82, 2.24) is 0 Å². The molecular weight excluding hydrogens is 372 g/mol. The second-order valence-electron chi connectivity index (χ2n) is 9.73. The van der Waals surface area contributed by atoms with Crippen LogP contribution in [0.25, 0.3) is 6.08 Å². The van der Waals surface area contributed by atoms with E-state index in [1.54, 1.807) is 0 Å². The highest BCUT2D eigenvalue weighted by Gasteiger charge is 2.77. The van der Waals surface area contributed by atoms with Gasteiger partial charge in [0, 0.05) is 6.42 Å². The summed E-state index contributed by atoms with van der Waals surface area (Å²) in [5.74, 6) is -0.552. The molecule has 3 fully saturated rings. The van der Waals surface area contributed by atoms with Crippen LogP contribution >= 0.6 is 0 Å². The molecular formula is C27H28O3. The molecule has 1 unspecified atom stereocenters. The number of Topliss-reactive ketones (excluding diaryl/α,β-unsaturated/α-hetero) is 1. The van der Waals surface area contributed by atoms with E-state index in [9.17, 15) is 4.79 Å². The van der Waals surface area contributed by atoms with Gasteiger partial charge in [-0.2, -0.15) is 0 Å². The van der Waals surface area contributed by atoms with E-state index in [0.29, 0.717) is 0 Å². The standard InChI is InChI=1S/C27H28O3/c1-18-9-11-19(12-10-18)17-21-14-13-20-7-3-4-8-22(20)27(21)24-23(28)25(2)15-5-6-16-26(25,29-24)30-27/h3-4,7-12,17,24H,5-6,13-16H2,1-2H3/b21-17+/t24-,25+,26-,27?/m0/s1. The lowest BCUT2D eigenvalue weighted by Crippen LogP contribution is -2.59. The summed E-state index contributed by atoms with van der Waals surface area (Å²) in [5, 5.41) is 0. The number of aryl methyl sites for hydroxylation is 2. The van der Waals surface area contributed by atoms with Gasteiger partial charge in [0.15, 0.2) is 23.3 Å². The smallest absolute Gasteiger partial charge is 0.183 e. The van der Waals surface area contributed by atoms with Crippen molar-refractivity contribution in [2.45, 2.75) is 69.9 Å². The molecule has 2 aliphatic carbocycles. The largest absolute Gasteiger partial charge is 0.334 e. The van der Waals surface area contributed by atoms with Gasteiger partial charge in [-0.3, -0.25) is 4.79 Å². The van der Waals surface area contributed by atoms with Crippen molar-refractivity contribution in [2.24, 2.45) is 5.41 Å². The van der Waals surface area contributed by atoms with Crippen molar-refractivity contribution in [3.8, 4) is 0 Å². The number of hydrogen-bond donors (Lipinski definition) is 0. The predicted molar refractivity (Wildman–Crippen MR) is 116 cm³/mol. The van der Waals surface area contributed by atoms with Gasteiger partial charge in [-0.1, -0.05) is 66.6 Å². The van der Waals surface area contributed by atoms with Crippen LogP contribution in [0.3, 0.4) is 0 Å². The molecule has 1 saturated carbocycles. The molecule has 30 heavy (non-hydrogen) atoms. The minimum absolute atomic E-state index is 0.236. The van der Waals surface area contributed by atoms with Gasteiger partial charge < -0.3 is 9.47 Å². The highest BCUT2D eigenvalue weighted by molar-refractivity contribution is 5.95. The summed E-state index contributed by atoms with van der Waals surface area (Å²) in [6, 6.07) is 17.0. The Balaban J connectivity index is 1.56. The monoisotopic (exact) mass is 400 g/mol. The first-order valence-electron chi connectivity index (χ1n) is 11.3. The molecule has 2 aromatic rings. The number of ether oxygens (including phenoxy) is 2. The Kier molecular flexibility index (Phi) is 3.80. The lowest BCUT2D eigenvalue weighted by atomic mass is 9.62. The van der Waals surface area contributed by atoms with Crippen molar-refractivity contribution >= 4 is 11.9 Å². The molecule has 2 heterocycles. The Hall–Kier alpha value is -2.23. The topological polar surface area (TPSA) is 35.5 Å². The van der Waals surface area contributed by atoms with Gasteiger partial charge in [0.1, 0.15) is 0 Å². The first-order chi connectivity index (χ1) is 14.5. The van der Waals surface area contributed by atoms with E-state index in [1.807, 2.05) is 0 Å². The second kappa shape index (κ2) is 6.15. The number of rotatable bonds is 1. The number of fused-ring (bicyclic) bond motifs is 4. The van der Waals surface area contributed by atoms with Crippen LogP contribution < -0.4 is 0 Å². The van der Waals surface area contributed by atoms with Gasteiger partial charge in [-0.15, -0.1) is 0 Å². The quantitative estimate of drug-likeness (QED) is 0.634. The summed E-state index contributed by atoms with van der Waals surface area (Å²) in [7, 11) is 0. The van der Waals surface area contributed by atoms with Crippen LogP contribution in [-0.4, -0.2) is 17.7 Å². The van der Waals surface area contributed by atoms with E-state index in [1.165, 1.54) is 16.7 Å². The number of carbonyl (C=O) groups is 1. The zero-order valence-corrected chi connectivity index (χ0v) is 17.7. The van der Waals surface area contributed by atoms with Gasteiger partial charge >= 0.3 is 0 Å². The molecule has 3 heteroatoms. The molecule has 2 aliphatic heterocycles. The number of hydrogen-bond acceptors (Lipinski definition) is 3. The molecule has 154 valence electrons. The molecule has 0 N–H and O–H groups in total. The first-order valence-corrected chi connectivity index (χ1v) is 11.3. The number of ketones is 1. The van der Waals surface area contributed by atoms with Crippen LogP contribution in [0.15, 0.2) is 54.1 Å². The van der Waals surface area contributed by atoms with Crippen LogP contribution in [0.5, 0.6) is 0 Å². The maximum atomic E-state index is 13.8. The Morgan fingerprint density at radius 2 is 1.77 bits per heavy atom. The molecule has 3 nitrogen and oxygen atoms in total. The Labute approximate surface area is 178 Å². The number of carbonyl (C=O) groups excluding carboxylic acids is 1. The number of benzene rings is 2. The van der Waals surface area contributed by atoms with Crippen molar-refractivity contribution in [2.75, 3.05) is 0 Å². The van der Waals surface area contributed by atoms with Gasteiger partial charge in [0.05, 0.1) is 5.41 Å². The van der Waals surface area contributed by atoms with Crippen molar-refractivity contribution in [3.05, 3.63) is 76.4 Å². The first kappa shape index (κ1) is 18.5. The fraction of sp³-hybridized carbons (Fsp3) is 0.444. The maximum absolute atomic E-state index is 13.8. The molecule has 0 aromatic heterocycles. The van der Waals surface area contributed by atoms with E-state index in [-0.39, 0.29) is 5.78 Å². The lowest BCUT2D eigenvalue weighted by molar-refractivity contribution is -0.249. The summed E-state index contributed by atoms with van der Waals surface area (Å²) in [5.41, 5.74) is 4.64. The maximum Gasteiger partial charge on any atom is 0.183 e. The summed E-state index contributed by atoms with van der Waals surface area (Å²) >= 11 is 0. The molecule has 2 aromatic carbocycles. The third-order valence-electron chi connectivity index (χ3n) is 8.04. The molecule has 6 rings (SSSR count). The van der Waals surface area contributed by atoms with Gasteiger partial charge in [-0.25, -0.2) is 0 Å². The normalized spacial score (nSPS) is 38.1. The molecule has 0 radical (unpaired) electrons. The third-order valence-corrected chi connectivity index (χ3v) is 8.04. The molecule has 4 aliphatic rings. The van der Waals surface area contributed by atoms with Gasteiger partial charge in [-0.05, 0) is 61.8 Å². The SMILES string of the molecule is Cc1ccc(/C=C2\CCc3ccccc3C23O[C@@]24CCCC[C@]2(C)C(=O)[C@@H]3O4)cc1. The average molecular weight is 401 g/mol. The fourth-order valence-corrected chi connectivity index (χ4v) is 6.31. The van der Waals surface area contributed by atoms with E-state index >= 15 is 0 Å². The Morgan fingerprint density at radius 3 is 2.60 bits per heavy atom. The van der Waals surface area contributed by atoms with Crippen LogP contribution in [0.2, 0.25) is 0 Å². The zero-order valence-electron chi connectivity index (χ0n) is 17.7. The van der Waals surface area contributed by atoms with Crippen molar-refractivity contribution in [3.63, 3.8) is 0 Å². The van der Waals surface area contributed by atoms with Crippen LogP contribution in [0.1, 0.15) is 61.3 Å². The summed E-state index contributed by atoms with van der Waals surface area (Å²) < 4.78 is 13.7. The average Bonchev–Trinajstić information content (AvgIpc) is 3.21. The lowest BCUT2D eigenvalue weighted by Gasteiger charge is -2.50. The highest BCUT2D eigenvalue weighted by atomic mass is 16.8. The van der Waals surface area contributed by atoms with Crippen LogP contribution in [-0.2, 0) is 26.3 Å². The highest BCUT2D eigenvalue weighted by Crippen LogP contribution is 2.67. The summed E-state index contributed by atoms with van der Waals surface area (Å²) in [4.78, 5) is 13.8. The molecule has 2 saturated heterocycles. The van der Waals surface area contributed by atoms with Gasteiger partial charge in [0.25, 0.3) is 0 Å². The summed E-state index contributed by atoms with van der Waals surface area (Å²) in [6.45, 7) is 4.17. The fourth-order valence-electron chi connectivity index (χ4n) is 6.31. The summed E-state index contributed by atoms with van der Waals surface area (Å²) in [6.07, 6.45) is 7.30. The second-order valence-corrected chi connectivity index (χ2v) is 9.73. The van der Waals surface area contributed by atoms with Crippen LogP contribution in [0, 0.1) is 12.3 Å². The van der Waals surface area contributed by atoms with E-state index in [4.69, 9.17) is 9.47 Å².